The normalized spacial score (nSPS) is 11.0. The Morgan fingerprint density at radius 3 is 0.933 bits per heavy atom. The van der Waals surface area contributed by atoms with Gasteiger partial charge in [0, 0.05) is 24.3 Å². The molecule has 0 saturated heterocycles. The molecule has 8 nitrogen and oxygen atoms in total. The molecule has 0 N–H and O–H groups in total. The SMILES string of the molecule is O=[N+]([O-])c1ccc(Oc2ccc(C(c3ccccc3)(c3ccccc3)c3ccc(Oc4ccc([N+](=O)[O-])cc4)cc3)cc2)cc1. The molecule has 6 aromatic carbocycles. The van der Waals surface area contributed by atoms with Crippen molar-refractivity contribution >= 4 is 11.4 Å². The molecule has 0 bridgehead atoms. The molecule has 0 spiro atoms. The molecule has 0 amide bonds. The third-order valence-corrected chi connectivity index (χ3v) is 7.55. The zero-order valence-electron chi connectivity index (χ0n) is 23.9. The van der Waals surface area contributed by atoms with Crippen LogP contribution < -0.4 is 9.47 Å². The molecule has 6 rings (SSSR count). The van der Waals surface area contributed by atoms with E-state index in [-0.39, 0.29) is 11.4 Å². The number of benzene rings is 6. The fourth-order valence-corrected chi connectivity index (χ4v) is 5.47. The molecule has 220 valence electrons. The fraction of sp³-hybridized carbons (Fsp3) is 0.0270. The molecule has 0 unspecified atom stereocenters. The van der Waals surface area contributed by atoms with Crippen LogP contribution in [-0.2, 0) is 5.41 Å². The largest absolute Gasteiger partial charge is 0.457 e. The van der Waals surface area contributed by atoms with Crippen LogP contribution in [-0.4, -0.2) is 9.85 Å². The summed E-state index contributed by atoms with van der Waals surface area (Å²) in [5, 5.41) is 22.0. The molecule has 8 heteroatoms. The van der Waals surface area contributed by atoms with Gasteiger partial charge in [0.1, 0.15) is 23.0 Å². The van der Waals surface area contributed by atoms with E-state index in [0.717, 1.165) is 22.3 Å². The highest BCUT2D eigenvalue weighted by Gasteiger charge is 2.38. The van der Waals surface area contributed by atoms with Gasteiger partial charge in [-0.15, -0.1) is 0 Å². The molecular weight excluding hydrogens is 568 g/mol. The molecule has 0 saturated carbocycles. The number of non-ortho nitro benzene ring substituents is 2. The number of hydrogen-bond acceptors (Lipinski definition) is 6. The molecular formula is C37H26N2O6. The van der Waals surface area contributed by atoms with Gasteiger partial charge >= 0.3 is 0 Å². The Bertz CT molecular complexity index is 1770. The highest BCUT2D eigenvalue weighted by Crippen LogP contribution is 2.46. The van der Waals surface area contributed by atoms with Crippen LogP contribution in [0.15, 0.2) is 158 Å². The molecule has 6 aromatic rings. The van der Waals surface area contributed by atoms with E-state index in [1.165, 1.54) is 24.3 Å². The quantitative estimate of drug-likeness (QED) is 0.0889. The topological polar surface area (TPSA) is 105 Å². The Balaban J connectivity index is 1.40. The summed E-state index contributed by atoms with van der Waals surface area (Å²) in [6, 6.07) is 48.1. The Labute approximate surface area is 259 Å². The summed E-state index contributed by atoms with van der Waals surface area (Å²) in [5.74, 6) is 2.17. The zero-order valence-corrected chi connectivity index (χ0v) is 23.9. The van der Waals surface area contributed by atoms with Crippen LogP contribution in [0.1, 0.15) is 22.3 Å². The van der Waals surface area contributed by atoms with Crippen molar-refractivity contribution in [2.75, 3.05) is 0 Å². The first-order valence-electron chi connectivity index (χ1n) is 14.1. The van der Waals surface area contributed by atoms with Gasteiger partial charge in [-0.2, -0.15) is 0 Å². The number of hydrogen-bond donors (Lipinski definition) is 0. The van der Waals surface area contributed by atoms with Gasteiger partial charge in [0.15, 0.2) is 0 Å². The summed E-state index contributed by atoms with van der Waals surface area (Å²) < 4.78 is 12.0. The van der Waals surface area contributed by atoms with Crippen molar-refractivity contribution in [3.05, 3.63) is 200 Å². The van der Waals surface area contributed by atoms with Gasteiger partial charge in [0.2, 0.25) is 0 Å². The third kappa shape index (κ3) is 5.98. The van der Waals surface area contributed by atoms with Gasteiger partial charge in [0.05, 0.1) is 15.3 Å². The highest BCUT2D eigenvalue weighted by molar-refractivity contribution is 5.61. The van der Waals surface area contributed by atoms with Crippen LogP contribution >= 0.6 is 0 Å². The van der Waals surface area contributed by atoms with Gasteiger partial charge in [0.25, 0.3) is 11.4 Å². The van der Waals surface area contributed by atoms with Crippen molar-refractivity contribution in [2.45, 2.75) is 5.41 Å². The van der Waals surface area contributed by atoms with Gasteiger partial charge in [-0.1, -0.05) is 84.9 Å². The molecule has 0 fully saturated rings. The van der Waals surface area contributed by atoms with E-state index in [1.54, 1.807) is 24.3 Å². The minimum atomic E-state index is -0.708. The van der Waals surface area contributed by atoms with Crippen molar-refractivity contribution in [1.82, 2.24) is 0 Å². The first-order chi connectivity index (χ1) is 21.9. The summed E-state index contributed by atoms with van der Waals surface area (Å²) >= 11 is 0. The molecule has 45 heavy (non-hydrogen) atoms. The summed E-state index contributed by atoms with van der Waals surface area (Å²) in [6.07, 6.45) is 0. The second-order valence-electron chi connectivity index (χ2n) is 10.2. The lowest BCUT2D eigenvalue weighted by molar-refractivity contribution is -0.385. The van der Waals surface area contributed by atoms with E-state index in [1.807, 2.05) is 84.9 Å². The first-order valence-corrected chi connectivity index (χ1v) is 14.1. The lowest BCUT2D eigenvalue weighted by Crippen LogP contribution is -2.30. The minimum Gasteiger partial charge on any atom is -0.457 e. The van der Waals surface area contributed by atoms with E-state index in [9.17, 15) is 20.2 Å². The van der Waals surface area contributed by atoms with Crippen LogP contribution in [0.4, 0.5) is 11.4 Å². The van der Waals surface area contributed by atoms with Crippen molar-refractivity contribution in [2.24, 2.45) is 0 Å². The Kier molecular flexibility index (Phi) is 8.02. The highest BCUT2D eigenvalue weighted by atomic mass is 16.6. The number of nitro benzene ring substituents is 2. The summed E-state index contributed by atoms with van der Waals surface area (Å²) in [5.41, 5.74) is 3.41. The average molecular weight is 595 g/mol. The zero-order chi connectivity index (χ0) is 31.2. The Morgan fingerprint density at radius 2 is 0.644 bits per heavy atom. The van der Waals surface area contributed by atoms with Crippen LogP contribution in [0.5, 0.6) is 23.0 Å². The molecule has 0 aliphatic rings. The predicted octanol–water partition coefficient (Wildman–Crippen LogP) is 9.47. The second kappa shape index (κ2) is 12.5. The summed E-state index contributed by atoms with van der Waals surface area (Å²) in [6.45, 7) is 0. The molecule has 0 radical (unpaired) electrons. The smallest absolute Gasteiger partial charge is 0.269 e. The summed E-state index contributed by atoms with van der Waals surface area (Å²) in [7, 11) is 0. The number of rotatable bonds is 10. The maximum Gasteiger partial charge on any atom is 0.269 e. The van der Waals surface area contributed by atoms with E-state index >= 15 is 0 Å². The van der Waals surface area contributed by atoms with Crippen molar-refractivity contribution in [1.29, 1.82) is 0 Å². The molecule has 0 aliphatic heterocycles. The van der Waals surface area contributed by atoms with E-state index < -0.39 is 15.3 Å². The van der Waals surface area contributed by atoms with Crippen molar-refractivity contribution in [3.63, 3.8) is 0 Å². The molecule has 0 aromatic heterocycles. The number of nitrogens with zero attached hydrogens (tertiary/aromatic N) is 2. The van der Waals surface area contributed by atoms with Crippen LogP contribution in [0.25, 0.3) is 0 Å². The van der Waals surface area contributed by atoms with Gasteiger partial charge < -0.3 is 9.47 Å². The lowest BCUT2D eigenvalue weighted by atomic mass is 9.65. The van der Waals surface area contributed by atoms with Crippen LogP contribution in [0, 0.1) is 20.2 Å². The Hall–Kier alpha value is -6.28. The van der Waals surface area contributed by atoms with Gasteiger partial charge in [-0.05, 0) is 70.8 Å². The van der Waals surface area contributed by atoms with Crippen molar-refractivity contribution < 1.29 is 19.3 Å². The Morgan fingerprint density at radius 1 is 0.378 bits per heavy atom. The van der Waals surface area contributed by atoms with E-state index in [2.05, 4.69) is 24.3 Å². The first kappa shape index (κ1) is 28.8. The average Bonchev–Trinajstić information content (AvgIpc) is 3.08. The van der Waals surface area contributed by atoms with Gasteiger partial charge in [-0.3, -0.25) is 20.2 Å². The molecule has 0 aliphatic carbocycles. The van der Waals surface area contributed by atoms with E-state index in [0.29, 0.717) is 23.0 Å². The standard InChI is InChI=1S/C37H26N2O6/c40-38(41)31-15-23-35(24-16-31)44-33-19-11-29(12-20-33)37(27-7-3-1-4-8-27,28-9-5-2-6-10-28)30-13-21-34(22-14-30)45-36-25-17-32(18-26-36)39(42)43/h1-26H. The third-order valence-electron chi connectivity index (χ3n) is 7.55. The van der Waals surface area contributed by atoms with Gasteiger partial charge in [-0.25, -0.2) is 0 Å². The van der Waals surface area contributed by atoms with E-state index in [4.69, 9.17) is 9.47 Å². The lowest BCUT2D eigenvalue weighted by Gasteiger charge is -2.37. The monoisotopic (exact) mass is 594 g/mol. The fourth-order valence-electron chi connectivity index (χ4n) is 5.47. The van der Waals surface area contributed by atoms with Crippen LogP contribution in [0.2, 0.25) is 0 Å². The minimum absolute atomic E-state index is 0.00244. The molecule has 0 heterocycles. The van der Waals surface area contributed by atoms with Crippen molar-refractivity contribution in [3.8, 4) is 23.0 Å². The second-order valence-corrected chi connectivity index (χ2v) is 10.2. The maximum atomic E-state index is 11.0. The summed E-state index contributed by atoms with van der Waals surface area (Å²) in [4.78, 5) is 21.2. The number of nitro groups is 2. The van der Waals surface area contributed by atoms with Crippen LogP contribution in [0.3, 0.4) is 0 Å². The molecule has 0 atom stereocenters. The predicted molar refractivity (Wildman–Crippen MR) is 171 cm³/mol. The number of ether oxygens (including phenoxy) is 2. The maximum absolute atomic E-state index is 11.0.